The van der Waals surface area contributed by atoms with Crippen LogP contribution in [0.2, 0.25) is 6.32 Å². The van der Waals surface area contributed by atoms with Gasteiger partial charge in [-0.3, -0.25) is 0 Å². The molecule has 1 rings (SSSR count). The summed E-state index contributed by atoms with van der Waals surface area (Å²) in [5.41, 5.74) is 6.06. The largest absolute Gasteiger partial charge is 0.451 e. The second-order valence-corrected chi connectivity index (χ2v) is 5.42. The third kappa shape index (κ3) is 10.1. The van der Waals surface area contributed by atoms with Crippen molar-refractivity contribution in [1.29, 1.82) is 0 Å². The van der Waals surface area contributed by atoms with Crippen LogP contribution in [-0.4, -0.2) is 53.4 Å². The number of hydrogen-bond donors (Lipinski definition) is 3. The van der Waals surface area contributed by atoms with Gasteiger partial charge in [-0.15, -0.1) is 0 Å². The molecule has 0 radical (unpaired) electrons. The van der Waals surface area contributed by atoms with Crippen molar-refractivity contribution in [2.24, 2.45) is 5.73 Å². The lowest BCUT2D eigenvalue weighted by atomic mass is 9.83. The van der Waals surface area contributed by atoms with Crippen LogP contribution in [-0.2, 0) is 9.59 Å². The van der Waals surface area contributed by atoms with Crippen LogP contribution < -0.4 is 5.73 Å². The van der Waals surface area contributed by atoms with Crippen molar-refractivity contribution in [3.8, 4) is 0 Å². The number of carbonyl (C=O) groups excluding carboxylic acids is 2. The molecule has 2 atom stereocenters. The maximum atomic E-state index is 8.71. The standard InChI is InChI=1S/C12H27BN2O2.CO2/c1-11-5-4-9-15(11)10-7-12(14)6-2-3-8-13(16)17;2-1-3/h11-12,16-17H,2-10,14H2,1H3;/t11-,12?;/m0./s1. The van der Waals surface area contributed by atoms with Gasteiger partial charge in [-0.2, -0.15) is 9.59 Å². The number of likely N-dealkylation sites (tertiary alicyclic amines) is 1. The molecule has 0 saturated carbocycles. The molecule has 1 aliphatic heterocycles. The summed E-state index contributed by atoms with van der Waals surface area (Å²) in [6.45, 7) is 4.64. The predicted molar refractivity (Wildman–Crippen MR) is 76.7 cm³/mol. The van der Waals surface area contributed by atoms with Gasteiger partial charge in [0.1, 0.15) is 0 Å². The lowest BCUT2D eigenvalue weighted by molar-refractivity contribution is -0.191. The number of unbranched alkanes of at least 4 members (excludes halogenated alkanes) is 1. The Kier molecular flexibility index (Phi) is 11.6. The number of hydrogen-bond acceptors (Lipinski definition) is 6. The zero-order valence-electron chi connectivity index (χ0n) is 12.3. The third-order valence-electron chi connectivity index (χ3n) is 3.76. The lowest BCUT2D eigenvalue weighted by Gasteiger charge is -2.22. The molecule has 0 aromatic carbocycles. The molecule has 0 aliphatic carbocycles. The summed E-state index contributed by atoms with van der Waals surface area (Å²) in [7, 11) is -1.16. The van der Waals surface area contributed by atoms with Crippen molar-refractivity contribution in [2.75, 3.05) is 13.1 Å². The average Bonchev–Trinajstić information content (AvgIpc) is 2.78. The highest BCUT2D eigenvalue weighted by molar-refractivity contribution is 6.40. The molecule has 0 amide bonds. The van der Waals surface area contributed by atoms with Crippen molar-refractivity contribution in [1.82, 2.24) is 4.90 Å². The first-order valence-electron chi connectivity index (χ1n) is 7.36. The van der Waals surface area contributed by atoms with Crippen LogP contribution in [0.5, 0.6) is 0 Å². The monoisotopic (exact) mass is 286 g/mol. The maximum Gasteiger partial charge on any atom is 0.451 e. The molecule has 0 aromatic rings. The van der Waals surface area contributed by atoms with Crippen molar-refractivity contribution >= 4 is 13.3 Å². The van der Waals surface area contributed by atoms with Crippen LogP contribution in [0.3, 0.4) is 0 Å². The first kappa shape index (κ1) is 19.3. The van der Waals surface area contributed by atoms with Crippen molar-refractivity contribution in [2.45, 2.75) is 63.9 Å². The van der Waals surface area contributed by atoms with Gasteiger partial charge in [0.25, 0.3) is 0 Å². The normalized spacial score (nSPS) is 19.9. The number of nitrogens with two attached hydrogens (primary N) is 1. The van der Waals surface area contributed by atoms with Crippen LogP contribution >= 0.6 is 0 Å². The van der Waals surface area contributed by atoms with Gasteiger partial charge >= 0.3 is 13.3 Å². The van der Waals surface area contributed by atoms with Gasteiger partial charge < -0.3 is 20.7 Å². The van der Waals surface area contributed by atoms with E-state index >= 15 is 0 Å². The van der Waals surface area contributed by atoms with E-state index in [0.29, 0.717) is 6.32 Å². The summed E-state index contributed by atoms with van der Waals surface area (Å²) in [6, 6.07) is 0.991. The van der Waals surface area contributed by atoms with E-state index < -0.39 is 7.12 Å². The zero-order chi connectivity index (χ0) is 15.4. The Balaban J connectivity index is 0.00000110. The first-order chi connectivity index (χ1) is 9.51. The highest BCUT2D eigenvalue weighted by atomic mass is 16.4. The summed E-state index contributed by atoms with van der Waals surface area (Å²) in [5.74, 6) is 0. The smallest absolute Gasteiger partial charge is 0.427 e. The fourth-order valence-electron chi connectivity index (χ4n) is 2.53. The Morgan fingerprint density at radius 3 is 2.50 bits per heavy atom. The Bertz CT molecular complexity index is 273. The fourth-order valence-corrected chi connectivity index (χ4v) is 2.53. The summed E-state index contributed by atoms with van der Waals surface area (Å²) in [6.07, 6.45) is 7.27. The summed E-state index contributed by atoms with van der Waals surface area (Å²) in [5, 5.41) is 17.4. The van der Waals surface area contributed by atoms with Gasteiger partial charge in [-0.1, -0.05) is 12.8 Å². The Labute approximate surface area is 121 Å². The molecule has 1 saturated heterocycles. The Morgan fingerprint density at radius 2 is 2.00 bits per heavy atom. The summed E-state index contributed by atoms with van der Waals surface area (Å²) >= 11 is 0. The van der Waals surface area contributed by atoms with Crippen molar-refractivity contribution in [3.63, 3.8) is 0 Å². The molecular formula is C13H27BN2O4. The molecule has 7 heteroatoms. The average molecular weight is 286 g/mol. The number of rotatable bonds is 8. The highest BCUT2D eigenvalue weighted by Crippen LogP contribution is 2.17. The fraction of sp³-hybridized carbons (Fsp3) is 0.923. The first-order valence-corrected chi connectivity index (χ1v) is 7.36. The highest BCUT2D eigenvalue weighted by Gasteiger charge is 2.20. The van der Waals surface area contributed by atoms with E-state index in [9.17, 15) is 0 Å². The second-order valence-electron chi connectivity index (χ2n) is 5.42. The van der Waals surface area contributed by atoms with E-state index in [-0.39, 0.29) is 12.2 Å². The molecule has 1 fully saturated rings. The molecular weight excluding hydrogens is 259 g/mol. The van der Waals surface area contributed by atoms with E-state index in [0.717, 1.165) is 38.3 Å². The molecule has 0 spiro atoms. The molecule has 1 heterocycles. The summed E-state index contributed by atoms with van der Waals surface area (Å²) < 4.78 is 0. The van der Waals surface area contributed by atoms with Gasteiger partial charge in [0.15, 0.2) is 0 Å². The maximum absolute atomic E-state index is 8.71. The van der Waals surface area contributed by atoms with Crippen LogP contribution in [0.1, 0.15) is 45.4 Å². The van der Waals surface area contributed by atoms with Crippen LogP contribution in [0.15, 0.2) is 0 Å². The van der Waals surface area contributed by atoms with Crippen molar-refractivity contribution < 1.29 is 19.6 Å². The van der Waals surface area contributed by atoms with Crippen LogP contribution in [0, 0.1) is 0 Å². The topological polar surface area (TPSA) is 104 Å². The third-order valence-corrected chi connectivity index (χ3v) is 3.76. The summed E-state index contributed by atoms with van der Waals surface area (Å²) in [4.78, 5) is 18.8. The minimum absolute atomic E-state index is 0.250. The molecule has 4 N–H and O–H groups in total. The SMILES string of the molecule is C[C@H]1CCCN1CCC(N)CCCCB(O)O.O=C=O. The predicted octanol–water partition coefficient (Wildman–Crippen LogP) is 0.248. The minimum atomic E-state index is -1.16. The molecule has 6 nitrogen and oxygen atoms in total. The van der Waals surface area contributed by atoms with E-state index in [1.807, 2.05) is 0 Å². The van der Waals surface area contributed by atoms with Gasteiger partial charge in [0, 0.05) is 12.1 Å². The molecule has 1 unspecified atom stereocenters. The Hall–Kier alpha value is -0.715. The van der Waals surface area contributed by atoms with Gasteiger partial charge in [0.2, 0.25) is 0 Å². The van der Waals surface area contributed by atoms with E-state index in [1.165, 1.54) is 19.4 Å². The van der Waals surface area contributed by atoms with Crippen LogP contribution in [0.4, 0.5) is 0 Å². The molecule has 0 aromatic heterocycles. The zero-order valence-corrected chi connectivity index (χ0v) is 12.3. The van der Waals surface area contributed by atoms with Gasteiger partial charge in [0.05, 0.1) is 0 Å². The quantitative estimate of drug-likeness (QED) is 0.436. The van der Waals surface area contributed by atoms with E-state index in [2.05, 4.69) is 11.8 Å². The molecule has 0 bridgehead atoms. The molecule has 116 valence electrons. The molecule has 1 aliphatic rings. The van der Waals surface area contributed by atoms with E-state index in [4.69, 9.17) is 25.4 Å². The van der Waals surface area contributed by atoms with E-state index in [1.54, 1.807) is 0 Å². The van der Waals surface area contributed by atoms with Gasteiger partial charge in [-0.05, 0) is 52.0 Å². The molecule has 20 heavy (non-hydrogen) atoms. The number of nitrogens with zero attached hydrogens (tertiary/aromatic N) is 1. The van der Waals surface area contributed by atoms with Gasteiger partial charge in [-0.25, -0.2) is 0 Å². The van der Waals surface area contributed by atoms with Crippen LogP contribution in [0.25, 0.3) is 0 Å². The Morgan fingerprint density at radius 1 is 1.35 bits per heavy atom. The minimum Gasteiger partial charge on any atom is -0.427 e. The van der Waals surface area contributed by atoms with Crippen molar-refractivity contribution in [3.05, 3.63) is 0 Å². The second kappa shape index (κ2) is 12.1. The lowest BCUT2D eigenvalue weighted by Crippen LogP contribution is -2.32.